The number of urea groups is 1. The van der Waals surface area contributed by atoms with Crippen LogP contribution in [0.5, 0.6) is 0 Å². The number of imide groups is 2. The van der Waals surface area contributed by atoms with E-state index in [1.54, 1.807) is 0 Å². The van der Waals surface area contributed by atoms with Crippen molar-refractivity contribution < 1.29 is 19.2 Å². The standard InChI is InChI=1S/C14H23N3O4/c1-4-5-10-12(19)16-14(21)17(13(10)20)7-6-11(18)15-8-9(2)3/h9-10H,4-8H2,1-3H3,(H,15,18)(H,16,19,21). The van der Waals surface area contributed by atoms with Gasteiger partial charge in [0, 0.05) is 19.5 Å². The van der Waals surface area contributed by atoms with Crippen LogP contribution in [0.1, 0.15) is 40.0 Å². The Morgan fingerprint density at radius 2 is 2.00 bits per heavy atom. The first-order chi connectivity index (χ1) is 9.86. The van der Waals surface area contributed by atoms with Crippen molar-refractivity contribution in [2.24, 2.45) is 11.8 Å². The molecule has 1 heterocycles. The molecule has 0 aliphatic carbocycles. The second-order valence-corrected chi connectivity index (χ2v) is 5.57. The Kier molecular flexibility index (Phi) is 6.33. The molecule has 1 aliphatic rings. The molecular formula is C14H23N3O4. The van der Waals surface area contributed by atoms with Crippen LogP contribution >= 0.6 is 0 Å². The third-order valence-electron chi connectivity index (χ3n) is 3.20. The number of rotatable bonds is 7. The van der Waals surface area contributed by atoms with Gasteiger partial charge in [0.15, 0.2) is 0 Å². The Balaban J connectivity index is 2.56. The fourth-order valence-corrected chi connectivity index (χ4v) is 2.04. The van der Waals surface area contributed by atoms with Crippen molar-refractivity contribution in [3.63, 3.8) is 0 Å². The number of hydrogen-bond acceptors (Lipinski definition) is 4. The summed E-state index contributed by atoms with van der Waals surface area (Å²) in [4.78, 5) is 48.0. The molecule has 7 heteroatoms. The minimum absolute atomic E-state index is 0.0118. The molecule has 0 aromatic carbocycles. The summed E-state index contributed by atoms with van der Waals surface area (Å²) in [5.74, 6) is -1.77. The highest BCUT2D eigenvalue weighted by molar-refractivity contribution is 6.16. The molecular weight excluding hydrogens is 274 g/mol. The van der Waals surface area contributed by atoms with Crippen molar-refractivity contribution in [1.29, 1.82) is 0 Å². The summed E-state index contributed by atoms with van der Waals surface area (Å²) in [6.07, 6.45) is 1.10. The molecule has 0 aromatic heterocycles. The molecule has 0 saturated carbocycles. The predicted octanol–water partition coefficient (Wildman–Crippen LogP) is 0.643. The summed E-state index contributed by atoms with van der Waals surface area (Å²) in [5.41, 5.74) is 0. The molecule has 118 valence electrons. The fourth-order valence-electron chi connectivity index (χ4n) is 2.04. The monoisotopic (exact) mass is 297 g/mol. The molecule has 0 aromatic rings. The lowest BCUT2D eigenvalue weighted by Crippen LogP contribution is -2.58. The molecule has 1 atom stereocenters. The van der Waals surface area contributed by atoms with Crippen LogP contribution in [0, 0.1) is 11.8 Å². The Bertz CT molecular complexity index is 434. The van der Waals surface area contributed by atoms with Gasteiger partial charge >= 0.3 is 6.03 Å². The van der Waals surface area contributed by atoms with Gasteiger partial charge in [0.2, 0.25) is 17.7 Å². The van der Waals surface area contributed by atoms with Gasteiger partial charge in [-0.05, 0) is 12.3 Å². The van der Waals surface area contributed by atoms with E-state index < -0.39 is 23.8 Å². The van der Waals surface area contributed by atoms with Crippen LogP contribution in [0.4, 0.5) is 4.79 Å². The molecule has 0 spiro atoms. The number of amides is 5. The third-order valence-corrected chi connectivity index (χ3v) is 3.20. The van der Waals surface area contributed by atoms with E-state index in [1.165, 1.54) is 0 Å². The average molecular weight is 297 g/mol. The number of carbonyl (C=O) groups excluding carboxylic acids is 4. The van der Waals surface area contributed by atoms with Gasteiger partial charge in [-0.2, -0.15) is 0 Å². The molecule has 1 fully saturated rings. The molecule has 0 bridgehead atoms. The summed E-state index contributed by atoms with van der Waals surface area (Å²) in [6.45, 7) is 6.35. The zero-order valence-electron chi connectivity index (χ0n) is 12.8. The van der Waals surface area contributed by atoms with Gasteiger partial charge in [0.1, 0.15) is 5.92 Å². The maximum atomic E-state index is 12.1. The topological polar surface area (TPSA) is 95.6 Å². The van der Waals surface area contributed by atoms with E-state index in [4.69, 9.17) is 0 Å². The molecule has 5 amide bonds. The molecule has 0 radical (unpaired) electrons. The van der Waals surface area contributed by atoms with E-state index in [-0.39, 0.29) is 18.9 Å². The largest absolute Gasteiger partial charge is 0.356 e. The van der Waals surface area contributed by atoms with E-state index in [0.29, 0.717) is 25.3 Å². The maximum Gasteiger partial charge on any atom is 0.330 e. The van der Waals surface area contributed by atoms with E-state index in [9.17, 15) is 19.2 Å². The molecule has 1 unspecified atom stereocenters. The average Bonchev–Trinajstić information content (AvgIpc) is 2.40. The Morgan fingerprint density at radius 1 is 1.33 bits per heavy atom. The Labute approximate surface area is 124 Å². The molecule has 7 nitrogen and oxygen atoms in total. The van der Waals surface area contributed by atoms with Gasteiger partial charge in [0.25, 0.3) is 0 Å². The highest BCUT2D eigenvalue weighted by Crippen LogP contribution is 2.16. The molecule has 21 heavy (non-hydrogen) atoms. The number of carbonyl (C=O) groups is 4. The second-order valence-electron chi connectivity index (χ2n) is 5.57. The summed E-state index contributed by atoms with van der Waals surface area (Å²) >= 11 is 0. The molecule has 2 N–H and O–H groups in total. The minimum Gasteiger partial charge on any atom is -0.356 e. The summed E-state index contributed by atoms with van der Waals surface area (Å²) < 4.78 is 0. The highest BCUT2D eigenvalue weighted by Gasteiger charge is 2.39. The molecule has 1 rings (SSSR count). The first-order valence-corrected chi connectivity index (χ1v) is 7.29. The van der Waals surface area contributed by atoms with E-state index >= 15 is 0 Å². The van der Waals surface area contributed by atoms with Gasteiger partial charge in [-0.25, -0.2) is 4.79 Å². The summed E-state index contributed by atoms with van der Waals surface area (Å²) in [6, 6.07) is -0.742. The smallest absolute Gasteiger partial charge is 0.330 e. The van der Waals surface area contributed by atoms with Gasteiger partial charge in [-0.15, -0.1) is 0 Å². The zero-order chi connectivity index (χ0) is 16.0. The fraction of sp³-hybridized carbons (Fsp3) is 0.714. The maximum absolute atomic E-state index is 12.1. The van der Waals surface area contributed by atoms with E-state index in [0.717, 1.165) is 4.90 Å². The lowest BCUT2D eigenvalue weighted by atomic mass is 9.99. The van der Waals surface area contributed by atoms with Crippen molar-refractivity contribution >= 4 is 23.8 Å². The van der Waals surface area contributed by atoms with Crippen molar-refractivity contribution in [2.45, 2.75) is 40.0 Å². The first-order valence-electron chi connectivity index (χ1n) is 7.29. The second kappa shape index (κ2) is 7.75. The van der Waals surface area contributed by atoms with Gasteiger partial charge in [-0.3, -0.25) is 24.6 Å². The molecule has 1 aliphatic heterocycles. The van der Waals surface area contributed by atoms with Crippen molar-refractivity contribution in [3.05, 3.63) is 0 Å². The van der Waals surface area contributed by atoms with Gasteiger partial charge < -0.3 is 5.32 Å². The number of nitrogens with one attached hydrogen (secondary N) is 2. The van der Waals surface area contributed by atoms with Gasteiger partial charge in [-0.1, -0.05) is 27.2 Å². The molecule has 1 saturated heterocycles. The number of nitrogens with zero attached hydrogens (tertiary/aromatic N) is 1. The van der Waals surface area contributed by atoms with Crippen LogP contribution in [0.3, 0.4) is 0 Å². The van der Waals surface area contributed by atoms with E-state index in [1.807, 2.05) is 20.8 Å². The Hall–Kier alpha value is -1.92. The number of hydrogen-bond donors (Lipinski definition) is 2. The quantitative estimate of drug-likeness (QED) is 0.674. The normalized spacial score (nSPS) is 19.0. The Morgan fingerprint density at radius 3 is 2.57 bits per heavy atom. The van der Waals surface area contributed by atoms with Crippen molar-refractivity contribution in [2.75, 3.05) is 13.1 Å². The lowest BCUT2D eigenvalue weighted by molar-refractivity contribution is -0.142. The van der Waals surface area contributed by atoms with Crippen molar-refractivity contribution in [1.82, 2.24) is 15.5 Å². The van der Waals surface area contributed by atoms with Crippen LogP contribution < -0.4 is 10.6 Å². The van der Waals surface area contributed by atoms with Crippen LogP contribution in [0.2, 0.25) is 0 Å². The van der Waals surface area contributed by atoms with Gasteiger partial charge in [0.05, 0.1) is 0 Å². The zero-order valence-corrected chi connectivity index (χ0v) is 12.8. The van der Waals surface area contributed by atoms with Crippen molar-refractivity contribution in [3.8, 4) is 0 Å². The highest BCUT2D eigenvalue weighted by atomic mass is 16.2. The van der Waals surface area contributed by atoms with Crippen LogP contribution in [0.15, 0.2) is 0 Å². The number of barbiturate groups is 1. The minimum atomic E-state index is -0.827. The third kappa shape index (κ3) is 4.84. The van der Waals surface area contributed by atoms with E-state index in [2.05, 4.69) is 10.6 Å². The van der Waals surface area contributed by atoms with Crippen LogP contribution in [-0.2, 0) is 14.4 Å². The summed E-state index contributed by atoms with van der Waals surface area (Å²) in [7, 11) is 0. The SMILES string of the molecule is CCCC1C(=O)NC(=O)N(CCC(=O)NCC(C)C)C1=O. The van der Waals surface area contributed by atoms with Crippen LogP contribution in [0.25, 0.3) is 0 Å². The first kappa shape index (κ1) is 17.1. The summed E-state index contributed by atoms with van der Waals surface area (Å²) in [5, 5.41) is 4.89. The van der Waals surface area contributed by atoms with Crippen LogP contribution in [-0.4, -0.2) is 41.7 Å². The predicted molar refractivity (Wildman–Crippen MR) is 76.1 cm³/mol. The lowest BCUT2D eigenvalue weighted by Gasteiger charge is -2.29.